The van der Waals surface area contributed by atoms with Crippen LogP contribution in [0.4, 0.5) is 0 Å². The summed E-state index contributed by atoms with van der Waals surface area (Å²) in [7, 11) is 2.02. The summed E-state index contributed by atoms with van der Waals surface area (Å²) in [6.07, 6.45) is 2.33. The quantitative estimate of drug-likeness (QED) is 0.919. The van der Waals surface area contributed by atoms with Gasteiger partial charge in [-0.2, -0.15) is 0 Å². The summed E-state index contributed by atoms with van der Waals surface area (Å²) < 4.78 is 6.29. The molecule has 2 aromatic rings. The maximum absolute atomic E-state index is 6.29. The number of nitrogens with one attached hydrogen (secondary N) is 1. The molecular weight excluding hydrogens is 258 g/mol. The fourth-order valence-corrected chi connectivity index (χ4v) is 3.16. The normalized spacial score (nSPS) is 20.9. The van der Waals surface area contributed by atoms with Gasteiger partial charge in [-0.05, 0) is 68.1 Å². The van der Waals surface area contributed by atoms with Gasteiger partial charge < -0.3 is 10.1 Å². The van der Waals surface area contributed by atoms with Crippen molar-refractivity contribution in [1.29, 1.82) is 0 Å². The van der Waals surface area contributed by atoms with Gasteiger partial charge in [-0.3, -0.25) is 0 Å². The van der Waals surface area contributed by atoms with Crippen molar-refractivity contribution in [3.05, 3.63) is 64.7 Å². The molecule has 0 amide bonds. The van der Waals surface area contributed by atoms with E-state index in [0.29, 0.717) is 0 Å². The molecule has 1 aliphatic rings. The molecule has 2 unspecified atom stereocenters. The second-order valence-electron chi connectivity index (χ2n) is 5.91. The van der Waals surface area contributed by atoms with Gasteiger partial charge in [-0.25, -0.2) is 0 Å². The van der Waals surface area contributed by atoms with Crippen molar-refractivity contribution in [3.63, 3.8) is 0 Å². The SMILES string of the molecule is CNC1c2ccccc2CCC1Oc1ccc(C)c(C)c1. The summed E-state index contributed by atoms with van der Waals surface area (Å²) in [6.45, 7) is 4.26. The lowest BCUT2D eigenvalue weighted by molar-refractivity contribution is 0.139. The lowest BCUT2D eigenvalue weighted by atomic mass is 9.85. The standard InChI is InChI=1S/C19H23NO/c1-13-8-10-16(12-14(13)2)21-18-11-9-15-6-4-5-7-17(15)19(18)20-3/h4-8,10,12,18-20H,9,11H2,1-3H3. The highest BCUT2D eigenvalue weighted by molar-refractivity contribution is 5.36. The molecule has 2 heteroatoms. The first kappa shape index (κ1) is 14.2. The van der Waals surface area contributed by atoms with Crippen LogP contribution in [-0.4, -0.2) is 13.2 Å². The Labute approximate surface area is 127 Å². The largest absolute Gasteiger partial charge is 0.488 e. The average molecular weight is 281 g/mol. The van der Waals surface area contributed by atoms with Crippen molar-refractivity contribution in [2.24, 2.45) is 0 Å². The molecule has 0 aromatic heterocycles. The molecule has 0 bridgehead atoms. The maximum atomic E-state index is 6.29. The molecule has 0 spiro atoms. The lowest BCUT2D eigenvalue weighted by Gasteiger charge is -2.33. The topological polar surface area (TPSA) is 21.3 Å². The molecular formula is C19H23NO. The molecule has 0 heterocycles. The molecule has 2 aromatic carbocycles. The Morgan fingerprint density at radius 2 is 1.86 bits per heavy atom. The zero-order chi connectivity index (χ0) is 14.8. The second-order valence-corrected chi connectivity index (χ2v) is 5.91. The first-order valence-corrected chi connectivity index (χ1v) is 7.68. The van der Waals surface area contributed by atoms with E-state index in [-0.39, 0.29) is 12.1 Å². The molecule has 2 atom stereocenters. The van der Waals surface area contributed by atoms with E-state index >= 15 is 0 Å². The number of rotatable bonds is 3. The van der Waals surface area contributed by atoms with Crippen LogP contribution in [0, 0.1) is 13.8 Å². The summed E-state index contributed by atoms with van der Waals surface area (Å²) in [6, 6.07) is 15.3. The van der Waals surface area contributed by atoms with Crippen molar-refractivity contribution in [1.82, 2.24) is 5.32 Å². The summed E-state index contributed by atoms with van der Waals surface area (Å²) in [5, 5.41) is 3.43. The molecule has 1 N–H and O–H groups in total. The Balaban J connectivity index is 1.84. The van der Waals surface area contributed by atoms with Gasteiger partial charge in [-0.1, -0.05) is 30.3 Å². The molecule has 0 fully saturated rings. The zero-order valence-electron chi connectivity index (χ0n) is 13.0. The van der Waals surface area contributed by atoms with E-state index < -0.39 is 0 Å². The van der Waals surface area contributed by atoms with Crippen molar-refractivity contribution in [3.8, 4) is 5.75 Å². The van der Waals surface area contributed by atoms with E-state index in [0.717, 1.165) is 18.6 Å². The highest BCUT2D eigenvalue weighted by Gasteiger charge is 2.29. The van der Waals surface area contributed by atoms with E-state index in [1.165, 1.54) is 22.3 Å². The summed E-state index contributed by atoms with van der Waals surface area (Å²) in [5.74, 6) is 0.975. The lowest BCUT2D eigenvalue weighted by Crippen LogP contribution is -2.37. The van der Waals surface area contributed by atoms with Gasteiger partial charge in [0.2, 0.25) is 0 Å². The molecule has 3 rings (SSSR count). The highest BCUT2D eigenvalue weighted by atomic mass is 16.5. The maximum Gasteiger partial charge on any atom is 0.120 e. The molecule has 0 radical (unpaired) electrons. The van der Waals surface area contributed by atoms with Crippen molar-refractivity contribution < 1.29 is 4.74 Å². The molecule has 110 valence electrons. The van der Waals surface area contributed by atoms with E-state index in [9.17, 15) is 0 Å². The number of fused-ring (bicyclic) bond motifs is 1. The van der Waals surface area contributed by atoms with Crippen molar-refractivity contribution in [2.75, 3.05) is 7.05 Å². The Bertz CT molecular complexity index is 635. The van der Waals surface area contributed by atoms with Crippen LogP contribution in [0.1, 0.15) is 34.7 Å². The van der Waals surface area contributed by atoms with Crippen LogP contribution in [0.2, 0.25) is 0 Å². The van der Waals surface area contributed by atoms with Gasteiger partial charge in [0.05, 0.1) is 6.04 Å². The van der Waals surface area contributed by atoms with Crippen LogP contribution in [0.15, 0.2) is 42.5 Å². The number of hydrogen-bond acceptors (Lipinski definition) is 2. The number of benzene rings is 2. The number of aryl methyl sites for hydroxylation is 3. The van der Waals surface area contributed by atoms with Crippen LogP contribution in [0.25, 0.3) is 0 Å². The molecule has 0 aliphatic heterocycles. The Morgan fingerprint density at radius 3 is 2.62 bits per heavy atom. The van der Waals surface area contributed by atoms with Crippen LogP contribution in [0.3, 0.4) is 0 Å². The summed E-state index contributed by atoms with van der Waals surface area (Å²) >= 11 is 0. The molecule has 2 nitrogen and oxygen atoms in total. The third-order valence-corrected chi connectivity index (χ3v) is 4.54. The highest BCUT2D eigenvalue weighted by Crippen LogP contribution is 2.32. The van der Waals surface area contributed by atoms with Crippen molar-refractivity contribution >= 4 is 0 Å². The van der Waals surface area contributed by atoms with Crippen molar-refractivity contribution in [2.45, 2.75) is 38.8 Å². The molecule has 21 heavy (non-hydrogen) atoms. The fraction of sp³-hybridized carbons (Fsp3) is 0.368. The minimum atomic E-state index is 0.187. The molecule has 0 saturated heterocycles. The second kappa shape index (κ2) is 5.90. The van der Waals surface area contributed by atoms with Gasteiger partial charge in [0.1, 0.15) is 11.9 Å². The van der Waals surface area contributed by atoms with Gasteiger partial charge in [0.15, 0.2) is 0 Å². The monoisotopic (exact) mass is 281 g/mol. The molecule has 0 saturated carbocycles. The van der Waals surface area contributed by atoms with Crippen LogP contribution in [-0.2, 0) is 6.42 Å². The van der Waals surface area contributed by atoms with Crippen LogP contribution < -0.4 is 10.1 Å². The third-order valence-electron chi connectivity index (χ3n) is 4.54. The minimum Gasteiger partial charge on any atom is -0.488 e. The van der Waals surface area contributed by atoms with Gasteiger partial charge >= 0.3 is 0 Å². The van der Waals surface area contributed by atoms with Gasteiger partial charge in [0.25, 0.3) is 0 Å². The van der Waals surface area contributed by atoms with E-state index in [4.69, 9.17) is 4.74 Å². The van der Waals surface area contributed by atoms with Gasteiger partial charge in [-0.15, -0.1) is 0 Å². The Hall–Kier alpha value is -1.80. The first-order chi connectivity index (χ1) is 10.2. The predicted octanol–water partition coefficient (Wildman–Crippen LogP) is 3.96. The Kier molecular flexibility index (Phi) is 3.98. The summed E-state index contributed by atoms with van der Waals surface area (Å²) in [4.78, 5) is 0. The first-order valence-electron chi connectivity index (χ1n) is 7.68. The average Bonchev–Trinajstić information content (AvgIpc) is 2.51. The van der Waals surface area contributed by atoms with Gasteiger partial charge in [0, 0.05) is 0 Å². The number of hydrogen-bond donors (Lipinski definition) is 1. The zero-order valence-corrected chi connectivity index (χ0v) is 13.0. The third kappa shape index (κ3) is 2.81. The summed E-state index contributed by atoms with van der Waals surface area (Å²) in [5.41, 5.74) is 5.41. The minimum absolute atomic E-state index is 0.187. The molecule has 1 aliphatic carbocycles. The predicted molar refractivity (Wildman–Crippen MR) is 86.9 cm³/mol. The van der Waals surface area contributed by atoms with E-state index in [1.54, 1.807) is 0 Å². The van der Waals surface area contributed by atoms with E-state index in [2.05, 4.69) is 61.6 Å². The van der Waals surface area contributed by atoms with Crippen LogP contribution >= 0.6 is 0 Å². The number of ether oxygens (including phenoxy) is 1. The fourth-order valence-electron chi connectivity index (χ4n) is 3.16. The van der Waals surface area contributed by atoms with Crippen LogP contribution in [0.5, 0.6) is 5.75 Å². The smallest absolute Gasteiger partial charge is 0.120 e. The van der Waals surface area contributed by atoms with E-state index in [1.807, 2.05) is 7.05 Å². The number of likely N-dealkylation sites (N-methyl/N-ethyl adjacent to an activating group) is 1. The Morgan fingerprint density at radius 1 is 1.05 bits per heavy atom.